The molecule has 1 saturated carbocycles. The lowest BCUT2D eigenvalue weighted by atomic mass is 9.95. The molecule has 0 spiro atoms. The molecule has 0 radical (unpaired) electrons. The average Bonchev–Trinajstić information content (AvgIpc) is 2.69. The second-order valence-electron chi connectivity index (χ2n) is 7.72. The predicted molar refractivity (Wildman–Crippen MR) is 102 cm³/mol. The number of piperidine rings is 1. The predicted octanol–water partition coefficient (Wildman–Crippen LogP) is 2.46. The quantitative estimate of drug-likeness (QED) is 0.796. The van der Waals surface area contributed by atoms with Crippen LogP contribution in [0.2, 0.25) is 0 Å². The van der Waals surface area contributed by atoms with E-state index in [0.717, 1.165) is 58.2 Å². The van der Waals surface area contributed by atoms with E-state index in [4.69, 9.17) is 0 Å². The highest BCUT2D eigenvalue weighted by molar-refractivity contribution is 6.35. The van der Waals surface area contributed by atoms with Crippen molar-refractivity contribution in [2.45, 2.75) is 57.5 Å². The fourth-order valence-corrected chi connectivity index (χ4v) is 4.01. The summed E-state index contributed by atoms with van der Waals surface area (Å²) in [4.78, 5) is 26.5. The summed E-state index contributed by atoms with van der Waals surface area (Å²) in [6.45, 7) is 3.69. The van der Waals surface area contributed by atoms with Crippen LogP contribution < -0.4 is 10.6 Å². The third kappa shape index (κ3) is 5.84. The molecule has 1 aliphatic carbocycles. The summed E-state index contributed by atoms with van der Waals surface area (Å²) in [6, 6.07) is 10.7. The number of benzene rings is 1. The van der Waals surface area contributed by atoms with E-state index < -0.39 is 11.8 Å². The Morgan fingerprint density at radius 3 is 2.31 bits per heavy atom. The van der Waals surface area contributed by atoms with Crippen LogP contribution in [-0.2, 0) is 16.1 Å². The van der Waals surface area contributed by atoms with E-state index in [0.29, 0.717) is 12.5 Å². The van der Waals surface area contributed by atoms with Gasteiger partial charge in [0, 0.05) is 19.1 Å². The molecular weight excluding hydrogens is 326 g/mol. The van der Waals surface area contributed by atoms with E-state index >= 15 is 0 Å². The number of carbonyl (C=O) groups excluding carboxylic acids is 2. The largest absolute Gasteiger partial charge is 0.348 e. The van der Waals surface area contributed by atoms with Crippen LogP contribution in [0.15, 0.2) is 30.3 Å². The van der Waals surface area contributed by atoms with E-state index in [1.165, 1.54) is 12.0 Å². The summed E-state index contributed by atoms with van der Waals surface area (Å²) in [5.41, 5.74) is 1.35. The lowest BCUT2D eigenvalue weighted by molar-refractivity contribution is -0.139. The van der Waals surface area contributed by atoms with Crippen molar-refractivity contribution in [2.75, 3.05) is 19.6 Å². The molecule has 1 aromatic rings. The fraction of sp³-hybridized carbons (Fsp3) is 0.619. The first-order chi connectivity index (χ1) is 12.7. The number of nitrogens with zero attached hydrogens (tertiary/aromatic N) is 1. The minimum Gasteiger partial charge on any atom is -0.348 e. The molecule has 142 valence electrons. The van der Waals surface area contributed by atoms with Crippen molar-refractivity contribution in [2.24, 2.45) is 5.92 Å². The zero-order chi connectivity index (χ0) is 18.2. The molecule has 0 unspecified atom stereocenters. The summed E-state index contributed by atoms with van der Waals surface area (Å²) < 4.78 is 0. The smallest absolute Gasteiger partial charge is 0.309 e. The van der Waals surface area contributed by atoms with E-state index in [-0.39, 0.29) is 6.04 Å². The molecular formula is C21H31N3O2. The number of rotatable bonds is 5. The first kappa shape index (κ1) is 18.9. The molecule has 2 amide bonds. The molecule has 1 aliphatic heterocycles. The van der Waals surface area contributed by atoms with E-state index in [9.17, 15) is 9.59 Å². The van der Waals surface area contributed by atoms with Gasteiger partial charge in [-0.05, 0) is 50.3 Å². The molecule has 3 rings (SSSR count). The van der Waals surface area contributed by atoms with Gasteiger partial charge in [-0.25, -0.2) is 0 Å². The Bertz CT molecular complexity index is 576. The Kier molecular flexibility index (Phi) is 7.06. The fourth-order valence-electron chi connectivity index (χ4n) is 4.01. The van der Waals surface area contributed by atoms with Gasteiger partial charge < -0.3 is 10.6 Å². The van der Waals surface area contributed by atoms with Crippen molar-refractivity contribution in [1.82, 2.24) is 15.5 Å². The first-order valence-electron chi connectivity index (χ1n) is 10.1. The van der Waals surface area contributed by atoms with E-state index in [1.807, 2.05) is 6.07 Å². The van der Waals surface area contributed by atoms with E-state index in [2.05, 4.69) is 39.8 Å². The molecule has 26 heavy (non-hydrogen) atoms. The van der Waals surface area contributed by atoms with Gasteiger partial charge in [0.25, 0.3) is 0 Å². The Labute approximate surface area is 156 Å². The van der Waals surface area contributed by atoms with Crippen molar-refractivity contribution >= 4 is 11.8 Å². The van der Waals surface area contributed by atoms with Gasteiger partial charge in [0.2, 0.25) is 0 Å². The molecule has 1 saturated heterocycles. The zero-order valence-electron chi connectivity index (χ0n) is 15.6. The van der Waals surface area contributed by atoms with E-state index in [1.54, 1.807) is 0 Å². The highest BCUT2D eigenvalue weighted by Crippen LogP contribution is 2.19. The summed E-state index contributed by atoms with van der Waals surface area (Å²) in [5, 5.41) is 5.72. The molecule has 0 bridgehead atoms. The maximum absolute atomic E-state index is 12.0. The molecule has 5 nitrogen and oxygen atoms in total. The van der Waals surface area contributed by atoms with Crippen molar-refractivity contribution in [3.63, 3.8) is 0 Å². The van der Waals surface area contributed by atoms with Crippen LogP contribution in [0.5, 0.6) is 0 Å². The number of nitrogens with one attached hydrogen (secondary N) is 2. The standard InChI is InChI=1S/C21H31N3O2/c25-20(21(26)23-19-9-5-2-6-10-19)22-15-17-11-13-24(14-12-17)16-18-7-3-1-4-8-18/h1,3-4,7-8,17,19H,2,5-6,9-16H2,(H,22,25)(H,23,26). The van der Waals surface area contributed by atoms with Gasteiger partial charge in [-0.1, -0.05) is 49.6 Å². The van der Waals surface area contributed by atoms with Crippen molar-refractivity contribution in [3.8, 4) is 0 Å². The van der Waals surface area contributed by atoms with Crippen molar-refractivity contribution in [3.05, 3.63) is 35.9 Å². The van der Waals surface area contributed by atoms with Crippen molar-refractivity contribution < 1.29 is 9.59 Å². The van der Waals surface area contributed by atoms with Crippen LogP contribution >= 0.6 is 0 Å². The normalized spacial score (nSPS) is 19.8. The lowest BCUT2D eigenvalue weighted by Crippen LogP contribution is -2.47. The molecule has 0 atom stereocenters. The van der Waals surface area contributed by atoms with Crippen LogP contribution in [0.1, 0.15) is 50.5 Å². The maximum Gasteiger partial charge on any atom is 0.309 e. The SMILES string of the molecule is O=C(NCC1CCN(Cc2ccccc2)CC1)C(=O)NC1CCCCC1. The molecule has 2 N–H and O–H groups in total. The topological polar surface area (TPSA) is 61.4 Å². The minimum absolute atomic E-state index is 0.184. The van der Waals surface area contributed by atoms with Gasteiger partial charge in [-0.15, -0.1) is 0 Å². The Morgan fingerprint density at radius 2 is 1.62 bits per heavy atom. The van der Waals surface area contributed by atoms with Gasteiger partial charge in [0.05, 0.1) is 0 Å². The Balaban J connectivity index is 1.32. The molecule has 0 aromatic heterocycles. The third-order valence-electron chi connectivity index (χ3n) is 5.65. The average molecular weight is 357 g/mol. The number of carbonyl (C=O) groups is 2. The highest BCUT2D eigenvalue weighted by atomic mass is 16.2. The van der Waals surface area contributed by atoms with Crippen LogP contribution in [-0.4, -0.2) is 42.4 Å². The maximum atomic E-state index is 12.0. The number of likely N-dealkylation sites (tertiary alicyclic amines) is 1. The van der Waals surface area contributed by atoms with Crippen molar-refractivity contribution in [1.29, 1.82) is 0 Å². The molecule has 1 aromatic carbocycles. The van der Waals surface area contributed by atoms with Gasteiger partial charge >= 0.3 is 11.8 Å². The first-order valence-corrected chi connectivity index (χ1v) is 10.1. The lowest BCUT2D eigenvalue weighted by Gasteiger charge is -2.32. The molecule has 1 heterocycles. The summed E-state index contributed by atoms with van der Waals surface area (Å²) in [5.74, 6) is -0.464. The monoisotopic (exact) mass is 357 g/mol. The Morgan fingerprint density at radius 1 is 0.923 bits per heavy atom. The summed E-state index contributed by atoms with van der Waals surface area (Å²) >= 11 is 0. The van der Waals surface area contributed by atoms with Gasteiger partial charge in [0.15, 0.2) is 0 Å². The van der Waals surface area contributed by atoms with Crippen LogP contribution in [0.4, 0.5) is 0 Å². The van der Waals surface area contributed by atoms with Crippen LogP contribution in [0, 0.1) is 5.92 Å². The van der Waals surface area contributed by atoms with Gasteiger partial charge in [0.1, 0.15) is 0 Å². The number of amides is 2. The number of hydrogen-bond acceptors (Lipinski definition) is 3. The van der Waals surface area contributed by atoms with Crippen LogP contribution in [0.25, 0.3) is 0 Å². The third-order valence-corrected chi connectivity index (χ3v) is 5.65. The van der Waals surface area contributed by atoms with Gasteiger partial charge in [-0.2, -0.15) is 0 Å². The number of hydrogen-bond donors (Lipinski definition) is 2. The summed E-state index contributed by atoms with van der Waals surface area (Å²) in [7, 11) is 0. The zero-order valence-corrected chi connectivity index (χ0v) is 15.6. The Hall–Kier alpha value is -1.88. The minimum atomic E-state index is -0.470. The summed E-state index contributed by atoms with van der Waals surface area (Å²) in [6.07, 6.45) is 7.66. The molecule has 2 fully saturated rings. The highest BCUT2D eigenvalue weighted by Gasteiger charge is 2.23. The van der Waals surface area contributed by atoms with Gasteiger partial charge in [-0.3, -0.25) is 14.5 Å². The molecule has 2 aliphatic rings. The van der Waals surface area contributed by atoms with Crippen LogP contribution in [0.3, 0.4) is 0 Å². The molecule has 5 heteroatoms. The second kappa shape index (κ2) is 9.72. The second-order valence-corrected chi connectivity index (χ2v) is 7.72.